The molecule has 1 saturated carbocycles. The van der Waals surface area contributed by atoms with Gasteiger partial charge in [0, 0.05) is 11.6 Å². The van der Waals surface area contributed by atoms with Gasteiger partial charge in [-0.05, 0) is 36.6 Å². The topological polar surface area (TPSA) is 85.8 Å². The van der Waals surface area contributed by atoms with Gasteiger partial charge in [0.2, 0.25) is 11.1 Å². The SMILES string of the molecule is Nn1c(S[C@@H](C(=O)Nc2cccc(C(F)(F)F)c2)c2ccccc2)nnc1C1CC1. The minimum atomic E-state index is -4.50. The predicted octanol–water partition coefficient (Wildman–Crippen LogP) is 4.36. The first-order valence-electron chi connectivity index (χ1n) is 9.23. The first-order chi connectivity index (χ1) is 14.3. The molecule has 0 spiro atoms. The Bertz CT molecular complexity index is 1050. The zero-order valence-electron chi connectivity index (χ0n) is 15.6. The molecular weight excluding hydrogens is 415 g/mol. The smallest absolute Gasteiger partial charge is 0.336 e. The highest BCUT2D eigenvalue weighted by Gasteiger charge is 2.33. The molecule has 1 fully saturated rings. The third-order valence-electron chi connectivity index (χ3n) is 4.65. The molecule has 0 saturated heterocycles. The molecule has 1 aliphatic carbocycles. The van der Waals surface area contributed by atoms with Crippen molar-refractivity contribution in [2.24, 2.45) is 0 Å². The first kappa shape index (κ1) is 20.3. The molecule has 0 radical (unpaired) electrons. The molecule has 3 aromatic rings. The number of carbonyl (C=O) groups is 1. The molecule has 156 valence electrons. The molecule has 1 aliphatic rings. The number of hydrogen-bond donors (Lipinski definition) is 2. The number of nitrogens with two attached hydrogens (primary N) is 1. The van der Waals surface area contributed by atoms with Crippen molar-refractivity contribution in [2.45, 2.75) is 35.3 Å². The zero-order chi connectivity index (χ0) is 21.3. The third kappa shape index (κ3) is 4.43. The fraction of sp³-hybridized carbons (Fsp3) is 0.250. The average molecular weight is 433 g/mol. The molecular formula is C20H18F3N5OS. The van der Waals surface area contributed by atoms with Crippen LogP contribution in [0.25, 0.3) is 0 Å². The summed E-state index contributed by atoms with van der Waals surface area (Å²) in [5.41, 5.74) is -0.104. The number of amides is 1. The van der Waals surface area contributed by atoms with Crippen molar-refractivity contribution in [1.82, 2.24) is 14.9 Å². The van der Waals surface area contributed by atoms with E-state index in [1.54, 1.807) is 24.3 Å². The predicted molar refractivity (Wildman–Crippen MR) is 107 cm³/mol. The molecule has 2 aromatic carbocycles. The van der Waals surface area contributed by atoms with Gasteiger partial charge in [-0.1, -0.05) is 48.2 Å². The third-order valence-corrected chi connectivity index (χ3v) is 5.87. The Morgan fingerprint density at radius 1 is 1.13 bits per heavy atom. The number of halogens is 3. The Hall–Kier alpha value is -3.01. The van der Waals surface area contributed by atoms with Gasteiger partial charge < -0.3 is 11.2 Å². The Balaban J connectivity index is 1.59. The molecule has 0 aliphatic heterocycles. The number of rotatable bonds is 6. The lowest BCUT2D eigenvalue weighted by atomic mass is 10.1. The normalized spacial score (nSPS) is 15.0. The molecule has 0 bridgehead atoms. The Kier molecular flexibility index (Phi) is 5.42. The highest BCUT2D eigenvalue weighted by atomic mass is 32.2. The average Bonchev–Trinajstić information content (AvgIpc) is 3.49. The van der Waals surface area contributed by atoms with Crippen LogP contribution in [-0.4, -0.2) is 20.8 Å². The highest BCUT2D eigenvalue weighted by molar-refractivity contribution is 8.00. The molecule has 4 rings (SSSR count). The van der Waals surface area contributed by atoms with Crippen molar-refractivity contribution in [2.75, 3.05) is 11.2 Å². The van der Waals surface area contributed by atoms with E-state index in [0.29, 0.717) is 16.5 Å². The lowest BCUT2D eigenvalue weighted by molar-refractivity contribution is -0.137. The van der Waals surface area contributed by atoms with Crippen LogP contribution in [-0.2, 0) is 11.0 Å². The van der Waals surface area contributed by atoms with Crippen LogP contribution in [0.4, 0.5) is 18.9 Å². The summed E-state index contributed by atoms with van der Waals surface area (Å²) in [6, 6.07) is 13.4. The van der Waals surface area contributed by atoms with E-state index >= 15 is 0 Å². The molecule has 1 amide bonds. The lowest BCUT2D eigenvalue weighted by Gasteiger charge is -2.17. The van der Waals surface area contributed by atoms with Gasteiger partial charge >= 0.3 is 6.18 Å². The monoisotopic (exact) mass is 433 g/mol. The van der Waals surface area contributed by atoms with E-state index in [-0.39, 0.29) is 11.6 Å². The number of nitrogens with zero attached hydrogens (tertiary/aromatic N) is 3. The molecule has 30 heavy (non-hydrogen) atoms. The molecule has 10 heteroatoms. The van der Waals surface area contributed by atoms with Crippen molar-refractivity contribution in [3.63, 3.8) is 0 Å². The lowest BCUT2D eigenvalue weighted by Crippen LogP contribution is -2.21. The zero-order valence-corrected chi connectivity index (χ0v) is 16.5. The number of nitrogens with one attached hydrogen (secondary N) is 1. The fourth-order valence-electron chi connectivity index (χ4n) is 2.98. The van der Waals surface area contributed by atoms with Crippen molar-refractivity contribution < 1.29 is 18.0 Å². The van der Waals surface area contributed by atoms with Crippen molar-refractivity contribution in [3.05, 3.63) is 71.5 Å². The summed E-state index contributed by atoms with van der Waals surface area (Å²) in [6.07, 6.45) is -2.50. The van der Waals surface area contributed by atoms with Crippen molar-refractivity contribution in [1.29, 1.82) is 0 Å². The van der Waals surface area contributed by atoms with Crippen molar-refractivity contribution >= 4 is 23.4 Å². The maximum Gasteiger partial charge on any atom is 0.416 e. The van der Waals surface area contributed by atoms with E-state index in [0.717, 1.165) is 36.7 Å². The van der Waals surface area contributed by atoms with Crippen LogP contribution in [0.5, 0.6) is 0 Å². The van der Waals surface area contributed by atoms with E-state index in [1.807, 2.05) is 6.07 Å². The molecule has 1 aromatic heterocycles. The van der Waals surface area contributed by atoms with Gasteiger partial charge in [-0.15, -0.1) is 10.2 Å². The number of hydrogen-bond acceptors (Lipinski definition) is 5. The second-order valence-electron chi connectivity index (χ2n) is 6.96. The van der Waals surface area contributed by atoms with Crippen LogP contribution < -0.4 is 11.2 Å². The highest BCUT2D eigenvalue weighted by Crippen LogP contribution is 2.41. The summed E-state index contributed by atoms with van der Waals surface area (Å²) in [7, 11) is 0. The second kappa shape index (κ2) is 8.02. The second-order valence-corrected chi connectivity index (χ2v) is 8.03. The minimum Gasteiger partial charge on any atom is -0.336 e. The van der Waals surface area contributed by atoms with Gasteiger partial charge in [-0.3, -0.25) is 4.79 Å². The van der Waals surface area contributed by atoms with Crippen LogP contribution in [0.2, 0.25) is 0 Å². The van der Waals surface area contributed by atoms with Crippen LogP contribution in [0.3, 0.4) is 0 Å². The van der Waals surface area contributed by atoms with Gasteiger partial charge in [-0.2, -0.15) is 13.2 Å². The van der Waals surface area contributed by atoms with Gasteiger partial charge in [0.25, 0.3) is 0 Å². The minimum absolute atomic E-state index is 0.0595. The van der Waals surface area contributed by atoms with Gasteiger partial charge in [-0.25, -0.2) is 4.68 Å². The van der Waals surface area contributed by atoms with E-state index < -0.39 is 22.9 Å². The van der Waals surface area contributed by atoms with Crippen LogP contribution in [0, 0.1) is 0 Å². The van der Waals surface area contributed by atoms with Gasteiger partial charge in [0.15, 0.2) is 5.82 Å². The van der Waals surface area contributed by atoms with Gasteiger partial charge in [0.05, 0.1) is 5.56 Å². The van der Waals surface area contributed by atoms with E-state index in [9.17, 15) is 18.0 Å². The summed E-state index contributed by atoms with van der Waals surface area (Å²) in [5, 5.41) is 10.4. The van der Waals surface area contributed by atoms with Gasteiger partial charge in [0.1, 0.15) is 5.25 Å². The standard InChI is InChI=1S/C20H18F3N5OS/c21-20(22,23)14-7-4-8-15(11-14)25-18(29)16(12-5-2-1-3-6-12)30-19-27-26-17(28(19)24)13-9-10-13/h1-8,11,13,16H,9-10,24H2,(H,25,29)/t16-/m1/s1. The van der Waals surface area contributed by atoms with Crippen molar-refractivity contribution in [3.8, 4) is 0 Å². The van der Waals surface area contributed by atoms with Crippen LogP contribution >= 0.6 is 11.8 Å². The summed E-state index contributed by atoms with van der Waals surface area (Å²) >= 11 is 1.10. The molecule has 6 nitrogen and oxygen atoms in total. The quantitative estimate of drug-likeness (QED) is 0.446. The fourth-order valence-corrected chi connectivity index (χ4v) is 3.94. The number of carbonyl (C=O) groups excluding carboxylic acids is 1. The molecule has 3 N–H and O–H groups in total. The number of nitrogen functional groups attached to an aromatic ring is 1. The Labute approximate surface area is 174 Å². The van der Waals surface area contributed by atoms with Crippen LogP contribution in [0.1, 0.15) is 41.0 Å². The first-order valence-corrected chi connectivity index (χ1v) is 10.1. The number of benzene rings is 2. The largest absolute Gasteiger partial charge is 0.416 e. The summed E-state index contributed by atoms with van der Waals surface area (Å²) in [6.45, 7) is 0. The van der Waals surface area contributed by atoms with E-state index in [2.05, 4.69) is 15.5 Å². The molecule has 1 atom stereocenters. The molecule has 1 heterocycles. The Morgan fingerprint density at radius 2 is 1.87 bits per heavy atom. The number of thioether (sulfide) groups is 1. The number of alkyl halides is 3. The Morgan fingerprint density at radius 3 is 2.53 bits per heavy atom. The summed E-state index contributed by atoms with van der Waals surface area (Å²) in [4.78, 5) is 13.0. The maximum atomic E-state index is 13.0. The number of aromatic nitrogens is 3. The molecule has 0 unspecified atom stereocenters. The summed E-state index contributed by atoms with van der Waals surface area (Å²) < 4.78 is 40.3. The summed E-state index contributed by atoms with van der Waals surface area (Å²) in [5.74, 6) is 6.57. The van der Waals surface area contributed by atoms with Crippen LogP contribution in [0.15, 0.2) is 59.8 Å². The maximum absolute atomic E-state index is 13.0. The number of anilines is 1. The van der Waals surface area contributed by atoms with E-state index in [4.69, 9.17) is 5.84 Å². The van der Waals surface area contributed by atoms with E-state index in [1.165, 1.54) is 16.8 Å².